The smallest absolute Gasteiger partial charge is 0.410 e. The fourth-order valence-electron chi connectivity index (χ4n) is 2.19. The van der Waals surface area contributed by atoms with E-state index in [-0.39, 0.29) is 12.1 Å². The summed E-state index contributed by atoms with van der Waals surface area (Å²) in [4.78, 5) is 13.8. The van der Waals surface area contributed by atoms with Gasteiger partial charge in [-0.25, -0.2) is 4.79 Å². The molecular weight excluding hydrogens is 252 g/mol. The molecule has 2 rings (SSSR count). The van der Waals surface area contributed by atoms with Crippen molar-refractivity contribution in [2.75, 3.05) is 13.1 Å². The number of hydrogen-bond donors (Lipinski definition) is 1. The Bertz CT molecular complexity index is 440. The van der Waals surface area contributed by atoms with Crippen molar-refractivity contribution in [1.82, 2.24) is 10.2 Å². The maximum Gasteiger partial charge on any atom is 0.410 e. The maximum absolute atomic E-state index is 12.0. The Morgan fingerprint density at radius 2 is 2.05 bits per heavy atom. The molecule has 20 heavy (non-hydrogen) atoms. The van der Waals surface area contributed by atoms with Gasteiger partial charge < -0.3 is 15.0 Å². The van der Waals surface area contributed by atoms with Crippen LogP contribution in [0.3, 0.4) is 0 Å². The molecule has 1 saturated heterocycles. The molecule has 0 bridgehead atoms. The first-order valence-corrected chi connectivity index (χ1v) is 7.20. The zero-order valence-corrected chi connectivity index (χ0v) is 12.6. The van der Waals surface area contributed by atoms with Gasteiger partial charge in [0.05, 0.1) is 0 Å². The number of nitrogens with zero attached hydrogens (tertiary/aromatic N) is 1. The van der Waals surface area contributed by atoms with Crippen LogP contribution in [0.2, 0.25) is 0 Å². The number of nitrogens with one attached hydrogen (secondary N) is 1. The van der Waals surface area contributed by atoms with Crippen molar-refractivity contribution in [3.05, 3.63) is 35.9 Å². The fourth-order valence-corrected chi connectivity index (χ4v) is 2.19. The van der Waals surface area contributed by atoms with Crippen molar-refractivity contribution >= 4 is 6.09 Å². The molecule has 1 heterocycles. The second-order valence-electron chi connectivity index (χ2n) is 6.23. The predicted molar refractivity (Wildman–Crippen MR) is 79.5 cm³/mol. The third-order valence-corrected chi connectivity index (χ3v) is 3.32. The van der Waals surface area contributed by atoms with Crippen LogP contribution < -0.4 is 5.32 Å². The van der Waals surface area contributed by atoms with E-state index in [0.717, 1.165) is 26.1 Å². The Balaban J connectivity index is 1.73. The molecule has 1 aliphatic heterocycles. The Hall–Kier alpha value is -1.55. The van der Waals surface area contributed by atoms with Gasteiger partial charge in [-0.15, -0.1) is 0 Å². The van der Waals surface area contributed by atoms with Gasteiger partial charge in [-0.3, -0.25) is 0 Å². The second-order valence-corrected chi connectivity index (χ2v) is 6.23. The van der Waals surface area contributed by atoms with E-state index >= 15 is 0 Å². The van der Waals surface area contributed by atoms with Crippen LogP contribution in [-0.4, -0.2) is 35.7 Å². The zero-order chi connectivity index (χ0) is 14.6. The average Bonchev–Trinajstić information content (AvgIpc) is 2.32. The molecule has 1 aromatic rings. The highest BCUT2D eigenvalue weighted by atomic mass is 16.6. The quantitative estimate of drug-likeness (QED) is 0.919. The molecule has 0 unspecified atom stereocenters. The van der Waals surface area contributed by atoms with Gasteiger partial charge in [0, 0.05) is 25.7 Å². The van der Waals surface area contributed by atoms with Gasteiger partial charge in [-0.05, 0) is 32.8 Å². The van der Waals surface area contributed by atoms with Gasteiger partial charge in [0.1, 0.15) is 5.60 Å². The molecular formula is C16H24N2O2. The highest BCUT2D eigenvalue weighted by Crippen LogP contribution is 2.20. The molecule has 1 aliphatic rings. The van der Waals surface area contributed by atoms with Gasteiger partial charge >= 0.3 is 6.09 Å². The van der Waals surface area contributed by atoms with Crippen molar-refractivity contribution in [3.63, 3.8) is 0 Å². The average molecular weight is 276 g/mol. The van der Waals surface area contributed by atoms with Gasteiger partial charge in [0.15, 0.2) is 0 Å². The molecule has 1 amide bonds. The molecule has 4 heteroatoms. The molecule has 1 N–H and O–H groups in total. The van der Waals surface area contributed by atoms with Gasteiger partial charge in [0.25, 0.3) is 0 Å². The number of carbonyl (C=O) groups excluding carboxylic acids is 1. The van der Waals surface area contributed by atoms with Gasteiger partial charge in [0.2, 0.25) is 0 Å². The Morgan fingerprint density at radius 1 is 1.35 bits per heavy atom. The van der Waals surface area contributed by atoms with Crippen LogP contribution in [0.4, 0.5) is 4.79 Å². The summed E-state index contributed by atoms with van der Waals surface area (Å²) < 4.78 is 5.40. The van der Waals surface area contributed by atoms with E-state index < -0.39 is 5.60 Å². The van der Waals surface area contributed by atoms with Gasteiger partial charge in [-0.1, -0.05) is 30.3 Å². The van der Waals surface area contributed by atoms with Crippen LogP contribution in [0.15, 0.2) is 30.3 Å². The summed E-state index contributed by atoms with van der Waals surface area (Å²) in [7, 11) is 0. The van der Waals surface area contributed by atoms with E-state index in [4.69, 9.17) is 4.74 Å². The number of hydrogen-bond acceptors (Lipinski definition) is 3. The number of likely N-dealkylation sites (tertiary alicyclic amines) is 1. The second kappa shape index (κ2) is 6.27. The number of amides is 1. The van der Waals surface area contributed by atoms with Crippen molar-refractivity contribution in [2.24, 2.45) is 0 Å². The van der Waals surface area contributed by atoms with E-state index in [9.17, 15) is 4.79 Å². The fraction of sp³-hybridized carbons (Fsp3) is 0.562. The van der Waals surface area contributed by atoms with Crippen molar-refractivity contribution in [3.8, 4) is 0 Å². The largest absolute Gasteiger partial charge is 0.444 e. The first-order chi connectivity index (χ1) is 9.46. The van der Waals surface area contributed by atoms with E-state index in [0.29, 0.717) is 0 Å². The SMILES string of the molecule is CC(C)(C)OC(=O)N1CC[C@@H]1CNCc1ccccc1. The van der Waals surface area contributed by atoms with Crippen molar-refractivity contribution < 1.29 is 9.53 Å². The summed E-state index contributed by atoms with van der Waals surface area (Å²) >= 11 is 0. The van der Waals surface area contributed by atoms with Crippen LogP contribution in [-0.2, 0) is 11.3 Å². The summed E-state index contributed by atoms with van der Waals surface area (Å²) in [5, 5.41) is 3.40. The summed E-state index contributed by atoms with van der Waals surface area (Å²) in [6, 6.07) is 10.5. The molecule has 0 radical (unpaired) electrons. The first kappa shape index (κ1) is 14.9. The summed E-state index contributed by atoms with van der Waals surface area (Å²) in [5.41, 5.74) is 0.838. The monoisotopic (exact) mass is 276 g/mol. The predicted octanol–water partition coefficient (Wildman–Crippen LogP) is 2.79. The topological polar surface area (TPSA) is 41.6 Å². The number of ether oxygens (including phenoxy) is 1. The highest BCUT2D eigenvalue weighted by Gasteiger charge is 2.34. The van der Waals surface area contributed by atoms with Crippen LogP contribution in [0.1, 0.15) is 32.8 Å². The third kappa shape index (κ3) is 4.23. The lowest BCUT2D eigenvalue weighted by Gasteiger charge is -2.41. The normalized spacial score (nSPS) is 18.6. The van der Waals surface area contributed by atoms with Crippen molar-refractivity contribution in [1.29, 1.82) is 0 Å². The molecule has 1 fully saturated rings. The van der Waals surface area contributed by atoms with Crippen LogP contribution in [0.5, 0.6) is 0 Å². The first-order valence-electron chi connectivity index (χ1n) is 7.20. The molecule has 1 aromatic carbocycles. The minimum atomic E-state index is -0.422. The summed E-state index contributed by atoms with van der Waals surface area (Å²) in [6.07, 6.45) is 0.844. The van der Waals surface area contributed by atoms with Crippen LogP contribution in [0.25, 0.3) is 0 Å². The lowest BCUT2D eigenvalue weighted by atomic mass is 10.0. The maximum atomic E-state index is 12.0. The van der Waals surface area contributed by atoms with E-state index in [1.807, 2.05) is 43.9 Å². The molecule has 4 nitrogen and oxygen atoms in total. The molecule has 0 saturated carbocycles. The van der Waals surface area contributed by atoms with Crippen LogP contribution in [0, 0.1) is 0 Å². The number of carbonyl (C=O) groups is 1. The summed E-state index contributed by atoms with van der Waals surface area (Å²) in [6.45, 7) is 8.13. The molecule has 0 spiro atoms. The Morgan fingerprint density at radius 3 is 2.60 bits per heavy atom. The minimum absolute atomic E-state index is 0.199. The molecule has 0 aromatic heterocycles. The standard InChI is InChI=1S/C16H24N2O2/c1-16(2,3)20-15(19)18-10-9-14(18)12-17-11-13-7-5-4-6-8-13/h4-8,14,17H,9-12H2,1-3H3/t14-/m1/s1. The number of rotatable bonds is 4. The molecule has 1 atom stereocenters. The minimum Gasteiger partial charge on any atom is -0.444 e. The van der Waals surface area contributed by atoms with E-state index in [1.165, 1.54) is 5.56 Å². The number of benzene rings is 1. The molecule has 0 aliphatic carbocycles. The van der Waals surface area contributed by atoms with E-state index in [1.54, 1.807) is 0 Å². The highest BCUT2D eigenvalue weighted by molar-refractivity contribution is 5.69. The van der Waals surface area contributed by atoms with Gasteiger partial charge in [-0.2, -0.15) is 0 Å². The van der Waals surface area contributed by atoms with Crippen molar-refractivity contribution in [2.45, 2.75) is 45.4 Å². The van der Waals surface area contributed by atoms with E-state index in [2.05, 4.69) is 17.4 Å². The third-order valence-electron chi connectivity index (χ3n) is 3.32. The Kier molecular flexibility index (Phi) is 4.65. The lowest BCUT2D eigenvalue weighted by molar-refractivity contribution is -0.00493. The molecule has 110 valence electrons. The zero-order valence-electron chi connectivity index (χ0n) is 12.6. The summed E-state index contributed by atoms with van der Waals surface area (Å²) in [5.74, 6) is 0. The lowest BCUT2D eigenvalue weighted by Crippen LogP contribution is -2.56. The van der Waals surface area contributed by atoms with Crippen LogP contribution >= 0.6 is 0 Å². The Labute approximate surface area is 121 Å².